The molecular formula is C21H40N6O. The lowest BCUT2D eigenvalue weighted by Crippen LogP contribution is -2.62. The van der Waals surface area contributed by atoms with Crippen molar-refractivity contribution in [3.63, 3.8) is 0 Å². The lowest BCUT2D eigenvalue weighted by atomic mass is 9.84. The fourth-order valence-corrected chi connectivity index (χ4v) is 5.29. The van der Waals surface area contributed by atoms with Gasteiger partial charge in [0.25, 0.3) is 0 Å². The first-order valence-corrected chi connectivity index (χ1v) is 11.2. The van der Waals surface area contributed by atoms with Crippen molar-refractivity contribution in [2.45, 2.75) is 56.9 Å². The van der Waals surface area contributed by atoms with E-state index < -0.39 is 0 Å². The van der Waals surface area contributed by atoms with Crippen molar-refractivity contribution in [1.82, 2.24) is 20.0 Å². The molecule has 7 nitrogen and oxygen atoms in total. The number of piperidine rings is 3. The van der Waals surface area contributed by atoms with Gasteiger partial charge in [-0.15, -0.1) is 0 Å². The van der Waals surface area contributed by atoms with Crippen molar-refractivity contribution in [3.05, 3.63) is 0 Å². The quantitative estimate of drug-likeness (QED) is 0.541. The number of guanidine groups is 1. The summed E-state index contributed by atoms with van der Waals surface area (Å²) in [6.07, 6.45) is 9.13. The number of nitrogens with two attached hydrogens (primary N) is 1. The normalized spacial score (nSPS) is 27.6. The molecule has 3 heterocycles. The fourth-order valence-electron chi connectivity index (χ4n) is 5.29. The van der Waals surface area contributed by atoms with Crippen LogP contribution in [0.4, 0.5) is 0 Å². The molecule has 0 aromatic rings. The van der Waals surface area contributed by atoms with Crippen LogP contribution in [0.15, 0.2) is 4.99 Å². The highest BCUT2D eigenvalue weighted by Gasteiger charge is 2.40. The summed E-state index contributed by atoms with van der Waals surface area (Å²) in [5.74, 6) is 1.15. The molecule has 0 aliphatic carbocycles. The van der Waals surface area contributed by atoms with Crippen LogP contribution in [0.1, 0.15) is 51.4 Å². The van der Waals surface area contributed by atoms with Gasteiger partial charge in [0.1, 0.15) is 0 Å². The summed E-state index contributed by atoms with van der Waals surface area (Å²) >= 11 is 0. The lowest BCUT2D eigenvalue weighted by Gasteiger charge is -2.50. The first kappa shape index (κ1) is 21.4. The van der Waals surface area contributed by atoms with Crippen LogP contribution in [0.3, 0.4) is 0 Å². The zero-order valence-corrected chi connectivity index (χ0v) is 18.0. The summed E-state index contributed by atoms with van der Waals surface area (Å²) in [5.41, 5.74) is 5.67. The van der Waals surface area contributed by atoms with E-state index in [4.69, 9.17) is 5.73 Å². The molecule has 0 spiro atoms. The van der Waals surface area contributed by atoms with Crippen LogP contribution in [0.2, 0.25) is 0 Å². The van der Waals surface area contributed by atoms with Crippen molar-refractivity contribution in [2.75, 3.05) is 59.9 Å². The van der Waals surface area contributed by atoms with Crippen molar-refractivity contribution in [3.8, 4) is 0 Å². The number of aliphatic imine (C=N–C) groups is 1. The zero-order valence-electron chi connectivity index (χ0n) is 18.0. The third-order valence-electron chi connectivity index (χ3n) is 7.04. The maximum atomic E-state index is 11.3. The van der Waals surface area contributed by atoms with Crippen LogP contribution in [0.5, 0.6) is 0 Å². The predicted octanol–water partition coefficient (Wildman–Crippen LogP) is 1.10. The molecule has 28 heavy (non-hydrogen) atoms. The fraction of sp³-hybridized carbons (Fsp3) is 0.905. The SMILES string of the molecule is CN=C(NCC1(N2CCCCC2)CCN(C)CC1)N1CCCC(CC(N)=O)C1. The molecule has 3 rings (SSSR count). The summed E-state index contributed by atoms with van der Waals surface area (Å²) in [5, 5.41) is 3.74. The third kappa shape index (κ3) is 5.38. The number of hydrogen-bond acceptors (Lipinski definition) is 4. The van der Waals surface area contributed by atoms with Gasteiger partial charge in [-0.3, -0.25) is 14.7 Å². The number of nitrogens with one attached hydrogen (secondary N) is 1. The highest BCUT2D eigenvalue weighted by atomic mass is 16.1. The van der Waals surface area contributed by atoms with Crippen LogP contribution in [0, 0.1) is 5.92 Å². The first-order valence-electron chi connectivity index (χ1n) is 11.2. The Morgan fingerprint density at radius 3 is 2.46 bits per heavy atom. The molecule has 1 amide bonds. The Morgan fingerprint density at radius 1 is 1.11 bits per heavy atom. The zero-order chi connectivity index (χ0) is 20.0. The van der Waals surface area contributed by atoms with Gasteiger partial charge in [-0.1, -0.05) is 6.42 Å². The van der Waals surface area contributed by atoms with E-state index in [0.29, 0.717) is 12.3 Å². The van der Waals surface area contributed by atoms with Crippen LogP contribution < -0.4 is 11.1 Å². The number of amides is 1. The average molecular weight is 393 g/mol. The van der Waals surface area contributed by atoms with Gasteiger partial charge in [-0.2, -0.15) is 0 Å². The van der Waals surface area contributed by atoms with Crippen LogP contribution in [-0.4, -0.2) is 92.0 Å². The smallest absolute Gasteiger partial charge is 0.217 e. The Kier molecular flexibility index (Phi) is 7.57. The van der Waals surface area contributed by atoms with Crippen molar-refractivity contribution in [1.29, 1.82) is 0 Å². The van der Waals surface area contributed by atoms with E-state index in [1.54, 1.807) is 0 Å². The van der Waals surface area contributed by atoms with E-state index in [9.17, 15) is 4.79 Å². The monoisotopic (exact) mass is 392 g/mol. The van der Waals surface area contributed by atoms with Gasteiger partial charge in [-0.25, -0.2) is 0 Å². The molecule has 0 saturated carbocycles. The van der Waals surface area contributed by atoms with Crippen LogP contribution in [-0.2, 0) is 4.79 Å². The van der Waals surface area contributed by atoms with E-state index in [-0.39, 0.29) is 11.4 Å². The maximum absolute atomic E-state index is 11.3. The molecule has 3 fully saturated rings. The predicted molar refractivity (Wildman–Crippen MR) is 114 cm³/mol. The molecule has 160 valence electrons. The summed E-state index contributed by atoms with van der Waals surface area (Å²) in [7, 11) is 4.11. The maximum Gasteiger partial charge on any atom is 0.217 e. The summed E-state index contributed by atoms with van der Waals surface area (Å²) in [6, 6.07) is 0. The minimum atomic E-state index is -0.190. The molecule has 1 unspecified atom stereocenters. The molecule has 3 N–H and O–H groups in total. The molecular weight excluding hydrogens is 352 g/mol. The van der Waals surface area contributed by atoms with Gasteiger partial charge in [0.15, 0.2) is 5.96 Å². The average Bonchev–Trinajstić information content (AvgIpc) is 2.70. The Bertz CT molecular complexity index is 537. The molecule has 3 saturated heterocycles. The number of likely N-dealkylation sites (tertiary alicyclic amines) is 3. The molecule has 3 aliphatic rings. The van der Waals surface area contributed by atoms with E-state index in [2.05, 4.69) is 32.1 Å². The number of carbonyl (C=O) groups is 1. The second-order valence-corrected chi connectivity index (χ2v) is 9.10. The van der Waals surface area contributed by atoms with Crippen molar-refractivity contribution >= 4 is 11.9 Å². The Labute approximate surface area is 170 Å². The first-order chi connectivity index (χ1) is 13.5. The van der Waals surface area contributed by atoms with E-state index in [1.165, 1.54) is 58.3 Å². The van der Waals surface area contributed by atoms with Crippen LogP contribution >= 0.6 is 0 Å². The minimum absolute atomic E-state index is 0.190. The van der Waals surface area contributed by atoms with Gasteiger partial charge in [0.2, 0.25) is 5.91 Å². The van der Waals surface area contributed by atoms with E-state index >= 15 is 0 Å². The standard InChI is InChI=1S/C21H40N6O/c1-23-20(26-10-6-7-18(16-26)15-19(22)28)24-17-21(8-13-25(2)14-9-21)27-11-4-3-5-12-27/h18H,3-17H2,1-2H3,(H2,22,28)(H,23,24). The molecule has 0 aromatic heterocycles. The molecule has 0 radical (unpaired) electrons. The molecule has 7 heteroatoms. The van der Waals surface area contributed by atoms with Gasteiger partial charge in [0.05, 0.1) is 0 Å². The molecule has 1 atom stereocenters. The third-order valence-corrected chi connectivity index (χ3v) is 7.04. The van der Waals surface area contributed by atoms with E-state index in [0.717, 1.165) is 38.4 Å². The topological polar surface area (TPSA) is 77.2 Å². The second-order valence-electron chi connectivity index (χ2n) is 9.10. The highest BCUT2D eigenvalue weighted by Crippen LogP contribution is 2.31. The lowest BCUT2D eigenvalue weighted by molar-refractivity contribution is -0.119. The number of rotatable bonds is 5. The number of hydrogen-bond donors (Lipinski definition) is 2. The number of nitrogens with zero attached hydrogens (tertiary/aromatic N) is 4. The largest absolute Gasteiger partial charge is 0.370 e. The van der Waals surface area contributed by atoms with Gasteiger partial charge >= 0.3 is 0 Å². The Hall–Kier alpha value is -1.34. The Balaban J connectivity index is 1.63. The molecule has 0 bridgehead atoms. The minimum Gasteiger partial charge on any atom is -0.370 e. The van der Waals surface area contributed by atoms with Crippen LogP contribution in [0.25, 0.3) is 0 Å². The second kappa shape index (κ2) is 9.92. The number of primary amides is 1. The van der Waals surface area contributed by atoms with Gasteiger partial charge in [0, 0.05) is 38.6 Å². The summed E-state index contributed by atoms with van der Waals surface area (Å²) < 4.78 is 0. The van der Waals surface area contributed by atoms with Crippen molar-refractivity contribution in [2.24, 2.45) is 16.6 Å². The molecule has 0 aromatic carbocycles. The van der Waals surface area contributed by atoms with Gasteiger partial charge < -0.3 is 20.9 Å². The Morgan fingerprint density at radius 2 is 1.82 bits per heavy atom. The van der Waals surface area contributed by atoms with E-state index in [1.807, 2.05) is 7.05 Å². The molecule has 3 aliphatic heterocycles. The summed E-state index contributed by atoms with van der Waals surface area (Å²) in [4.78, 5) is 23.5. The highest BCUT2D eigenvalue weighted by molar-refractivity contribution is 5.80. The van der Waals surface area contributed by atoms with Crippen molar-refractivity contribution < 1.29 is 4.79 Å². The van der Waals surface area contributed by atoms with Gasteiger partial charge in [-0.05, 0) is 77.7 Å². The number of carbonyl (C=O) groups excluding carboxylic acids is 1. The summed E-state index contributed by atoms with van der Waals surface area (Å²) in [6.45, 7) is 7.64.